The number of carbonyl (C=O) groups is 1. The van der Waals surface area contributed by atoms with E-state index in [0.717, 1.165) is 13.1 Å². The minimum absolute atomic E-state index is 0.00900. The molecule has 0 unspecified atom stereocenters. The second-order valence-corrected chi connectivity index (χ2v) is 4.52. The number of ether oxygens (including phenoxy) is 2. The van der Waals surface area contributed by atoms with Gasteiger partial charge in [-0.3, -0.25) is 9.69 Å². The number of carboxylic acid groups (broad SMARTS) is 1. The molecule has 5 heteroatoms. The van der Waals surface area contributed by atoms with Crippen LogP contribution in [0.1, 0.15) is 5.56 Å². The third-order valence-electron chi connectivity index (χ3n) is 2.91. The fourth-order valence-corrected chi connectivity index (χ4v) is 1.99. The number of aliphatic carboxylic acids is 1. The van der Waals surface area contributed by atoms with Crippen molar-refractivity contribution in [3.05, 3.63) is 23.8 Å². The lowest BCUT2D eigenvalue weighted by molar-refractivity contribution is -0.136. The average molecular weight is 251 g/mol. The van der Waals surface area contributed by atoms with Gasteiger partial charge in [-0.15, -0.1) is 0 Å². The fraction of sp³-hybridized carbons (Fsp3) is 0.462. The van der Waals surface area contributed by atoms with Crippen molar-refractivity contribution in [2.75, 3.05) is 27.2 Å². The first-order valence-corrected chi connectivity index (χ1v) is 5.82. The predicted molar refractivity (Wildman–Crippen MR) is 66.2 cm³/mol. The van der Waals surface area contributed by atoms with Crippen molar-refractivity contribution in [2.45, 2.75) is 12.5 Å². The SMILES string of the molecule is COc1ccc(CC(=O)O)cc1OC1CN(C)C1. The van der Waals surface area contributed by atoms with Gasteiger partial charge >= 0.3 is 5.97 Å². The number of rotatable bonds is 5. The summed E-state index contributed by atoms with van der Waals surface area (Å²) in [4.78, 5) is 12.8. The number of hydrogen-bond donors (Lipinski definition) is 1. The molecule has 0 spiro atoms. The summed E-state index contributed by atoms with van der Waals surface area (Å²) in [7, 11) is 3.60. The standard InChI is InChI=1S/C13H17NO4/c1-14-7-10(8-14)18-12-5-9(6-13(15)16)3-4-11(12)17-2/h3-5,10H,6-8H2,1-2H3,(H,15,16). The van der Waals surface area contributed by atoms with Crippen LogP contribution in [0.15, 0.2) is 18.2 Å². The topological polar surface area (TPSA) is 59.0 Å². The van der Waals surface area contributed by atoms with Crippen LogP contribution in [0, 0.1) is 0 Å². The number of carboxylic acids is 1. The van der Waals surface area contributed by atoms with Crippen molar-refractivity contribution in [3.63, 3.8) is 0 Å². The summed E-state index contributed by atoms with van der Waals surface area (Å²) in [5.74, 6) is 0.405. The van der Waals surface area contributed by atoms with E-state index in [0.29, 0.717) is 17.1 Å². The molecular formula is C13H17NO4. The second-order valence-electron chi connectivity index (χ2n) is 4.52. The Hall–Kier alpha value is -1.75. The van der Waals surface area contributed by atoms with E-state index in [-0.39, 0.29) is 12.5 Å². The molecule has 1 N–H and O–H groups in total. The third kappa shape index (κ3) is 2.92. The van der Waals surface area contributed by atoms with Crippen LogP contribution in [0.25, 0.3) is 0 Å². The number of benzene rings is 1. The molecule has 0 aliphatic carbocycles. The van der Waals surface area contributed by atoms with Crippen molar-refractivity contribution in [3.8, 4) is 11.5 Å². The molecule has 0 radical (unpaired) electrons. The summed E-state index contributed by atoms with van der Waals surface area (Å²) < 4.78 is 11.0. The monoisotopic (exact) mass is 251 g/mol. The number of likely N-dealkylation sites (N-methyl/N-ethyl adjacent to an activating group) is 1. The molecule has 1 aromatic rings. The zero-order valence-electron chi connectivity index (χ0n) is 10.5. The van der Waals surface area contributed by atoms with E-state index in [2.05, 4.69) is 4.90 Å². The minimum Gasteiger partial charge on any atom is -0.493 e. The maximum absolute atomic E-state index is 10.7. The number of methoxy groups -OCH3 is 1. The van der Waals surface area contributed by atoms with Gasteiger partial charge < -0.3 is 14.6 Å². The van der Waals surface area contributed by atoms with E-state index < -0.39 is 5.97 Å². The first-order valence-electron chi connectivity index (χ1n) is 5.82. The fourth-order valence-electron chi connectivity index (χ4n) is 1.99. The Balaban J connectivity index is 2.11. The van der Waals surface area contributed by atoms with E-state index in [1.54, 1.807) is 25.3 Å². The molecule has 0 saturated carbocycles. The molecule has 1 aliphatic rings. The maximum atomic E-state index is 10.7. The largest absolute Gasteiger partial charge is 0.493 e. The molecule has 5 nitrogen and oxygen atoms in total. The molecule has 2 rings (SSSR count). The Morgan fingerprint density at radius 2 is 2.17 bits per heavy atom. The molecule has 0 aromatic heterocycles. The number of nitrogens with zero attached hydrogens (tertiary/aromatic N) is 1. The predicted octanol–water partition coefficient (Wildman–Crippen LogP) is 1.02. The van der Waals surface area contributed by atoms with Crippen molar-refractivity contribution in [1.82, 2.24) is 4.90 Å². The van der Waals surface area contributed by atoms with Gasteiger partial charge in [0.15, 0.2) is 11.5 Å². The van der Waals surface area contributed by atoms with Gasteiger partial charge in [-0.25, -0.2) is 0 Å². The van der Waals surface area contributed by atoms with Crippen LogP contribution in [0.3, 0.4) is 0 Å². The molecule has 1 saturated heterocycles. The van der Waals surface area contributed by atoms with Crippen LogP contribution in [0.2, 0.25) is 0 Å². The first kappa shape index (κ1) is 12.7. The van der Waals surface area contributed by atoms with Crippen LogP contribution in [-0.2, 0) is 11.2 Å². The Kier molecular flexibility index (Phi) is 3.72. The van der Waals surface area contributed by atoms with Crippen LogP contribution < -0.4 is 9.47 Å². The van der Waals surface area contributed by atoms with Crippen LogP contribution in [0.5, 0.6) is 11.5 Å². The molecule has 0 atom stereocenters. The molecule has 0 bridgehead atoms. The second kappa shape index (κ2) is 5.27. The van der Waals surface area contributed by atoms with E-state index >= 15 is 0 Å². The van der Waals surface area contributed by atoms with Gasteiger partial charge in [0, 0.05) is 13.1 Å². The highest BCUT2D eigenvalue weighted by Gasteiger charge is 2.26. The average Bonchev–Trinajstić information content (AvgIpc) is 2.26. The van der Waals surface area contributed by atoms with Crippen molar-refractivity contribution in [1.29, 1.82) is 0 Å². The Morgan fingerprint density at radius 3 is 2.72 bits per heavy atom. The van der Waals surface area contributed by atoms with Gasteiger partial charge in [-0.1, -0.05) is 6.07 Å². The smallest absolute Gasteiger partial charge is 0.307 e. The third-order valence-corrected chi connectivity index (χ3v) is 2.91. The number of hydrogen-bond acceptors (Lipinski definition) is 4. The van der Waals surface area contributed by atoms with Gasteiger partial charge in [-0.05, 0) is 24.7 Å². The summed E-state index contributed by atoms with van der Waals surface area (Å²) >= 11 is 0. The summed E-state index contributed by atoms with van der Waals surface area (Å²) in [6, 6.07) is 5.23. The van der Waals surface area contributed by atoms with Gasteiger partial charge in [0.05, 0.1) is 13.5 Å². The molecule has 1 fully saturated rings. The van der Waals surface area contributed by atoms with Crippen molar-refractivity contribution in [2.24, 2.45) is 0 Å². The summed E-state index contributed by atoms with van der Waals surface area (Å²) in [5.41, 5.74) is 0.714. The molecule has 1 heterocycles. The Bertz CT molecular complexity index is 441. The van der Waals surface area contributed by atoms with Crippen LogP contribution in [0.4, 0.5) is 0 Å². The highest BCUT2D eigenvalue weighted by Crippen LogP contribution is 2.30. The quantitative estimate of drug-likeness (QED) is 0.846. The lowest BCUT2D eigenvalue weighted by Gasteiger charge is -2.36. The van der Waals surface area contributed by atoms with Gasteiger partial charge in [0.25, 0.3) is 0 Å². The van der Waals surface area contributed by atoms with Crippen molar-refractivity contribution >= 4 is 5.97 Å². The highest BCUT2D eigenvalue weighted by molar-refractivity contribution is 5.70. The molecule has 98 valence electrons. The van der Waals surface area contributed by atoms with E-state index in [9.17, 15) is 4.79 Å². The molecule has 1 aromatic carbocycles. The van der Waals surface area contributed by atoms with E-state index in [1.807, 2.05) is 7.05 Å². The minimum atomic E-state index is -0.852. The van der Waals surface area contributed by atoms with E-state index in [1.165, 1.54) is 0 Å². The van der Waals surface area contributed by atoms with Crippen molar-refractivity contribution < 1.29 is 19.4 Å². The van der Waals surface area contributed by atoms with Gasteiger partial charge in [0.1, 0.15) is 6.10 Å². The molecule has 18 heavy (non-hydrogen) atoms. The summed E-state index contributed by atoms with van der Waals surface area (Å²) in [6.45, 7) is 1.76. The van der Waals surface area contributed by atoms with Gasteiger partial charge in [-0.2, -0.15) is 0 Å². The summed E-state index contributed by atoms with van der Waals surface area (Å²) in [5, 5.41) is 8.78. The highest BCUT2D eigenvalue weighted by atomic mass is 16.5. The summed E-state index contributed by atoms with van der Waals surface area (Å²) in [6.07, 6.45) is 0.147. The number of likely N-dealkylation sites (tertiary alicyclic amines) is 1. The normalized spacial score (nSPS) is 16.1. The maximum Gasteiger partial charge on any atom is 0.307 e. The Morgan fingerprint density at radius 1 is 1.44 bits per heavy atom. The Labute approximate surface area is 106 Å². The molecular weight excluding hydrogens is 234 g/mol. The van der Waals surface area contributed by atoms with Gasteiger partial charge in [0.2, 0.25) is 0 Å². The first-order chi connectivity index (χ1) is 8.58. The zero-order chi connectivity index (χ0) is 13.1. The lowest BCUT2D eigenvalue weighted by atomic mass is 10.1. The van der Waals surface area contributed by atoms with Crippen LogP contribution in [-0.4, -0.2) is 49.3 Å². The lowest BCUT2D eigenvalue weighted by Crippen LogP contribution is -2.51. The molecule has 0 amide bonds. The molecule has 1 aliphatic heterocycles. The van der Waals surface area contributed by atoms with Crippen LogP contribution >= 0.6 is 0 Å². The zero-order valence-corrected chi connectivity index (χ0v) is 10.5. The van der Waals surface area contributed by atoms with E-state index in [4.69, 9.17) is 14.6 Å².